The van der Waals surface area contributed by atoms with Gasteiger partial charge in [0.1, 0.15) is 0 Å². The van der Waals surface area contributed by atoms with Crippen LogP contribution in [0, 0.1) is 50.7 Å². The van der Waals surface area contributed by atoms with Gasteiger partial charge in [-0.05, 0) is 110 Å². The summed E-state index contributed by atoms with van der Waals surface area (Å²) in [7, 11) is 0. The summed E-state index contributed by atoms with van der Waals surface area (Å²) >= 11 is 0. The smallest absolute Gasteiger partial charge is 0.0618 e. The summed E-state index contributed by atoms with van der Waals surface area (Å²) in [6, 6.07) is 0. The Morgan fingerprint density at radius 3 is 2.42 bits per heavy atom. The van der Waals surface area contributed by atoms with E-state index in [0.717, 1.165) is 31.3 Å². The minimum absolute atomic E-state index is 0.0281. The van der Waals surface area contributed by atoms with Crippen molar-refractivity contribution in [2.24, 2.45) is 50.7 Å². The molecule has 0 aromatic carbocycles. The SMILES string of the molecule is C=C(C)C=CCC(C)C1CCC2(C)C3C(O)CC4C(C)(CO)C(O)CCC45CC35CCC12C. The van der Waals surface area contributed by atoms with Crippen molar-refractivity contribution in [2.45, 2.75) is 105 Å². The highest BCUT2D eigenvalue weighted by Gasteiger charge is 2.84. The molecule has 2 spiro atoms. The second kappa shape index (κ2) is 7.43. The predicted molar refractivity (Wildman–Crippen MR) is 133 cm³/mol. The van der Waals surface area contributed by atoms with E-state index in [1.54, 1.807) is 0 Å². The molecule has 0 aliphatic heterocycles. The van der Waals surface area contributed by atoms with Crippen molar-refractivity contribution in [3.63, 3.8) is 0 Å². The number of allylic oxidation sites excluding steroid dienone is 3. The Morgan fingerprint density at radius 1 is 1.03 bits per heavy atom. The van der Waals surface area contributed by atoms with Crippen molar-refractivity contribution in [1.29, 1.82) is 0 Å². The molecule has 0 heterocycles. The van der Waals surface area contributed by atoms with E-state index in [4.69, 9.17) is 0 Å². The summed E-state index contributed by atoms with van der Waals surface area (Å²) in [4.78, 5) is 0. The molecule has 3 heteroatoms. The Labute approximate surface area is 201 Å². The van der Waals surface area contributed by atoms with Crippen LogP contribution >= 0.6 is 0 Å². The third-order valence-electron chi connectivity index (χ3n) is 12.9. The monoisotopic (exact) mass is 456 g/mol. The molecule has 11 unspecified atom stereocenters. The highest BCUT2D eigenvalue weighted by molar-refractivity contribution is 5.32. The van der Waals surface area contributed by atoms with Crippen LogP contribution in [-0.2, 0) is 0 Å². The van der Waals surface area contributed by atoms with Gasteiger partial charge in [-0.3, -0.25) is 0 Å². The van der Waals surface area contributed by atoms with Gasteiger partial charge >= 0.3 is 0 Å². The van der Waals surface area contributed by atoms with Crippen molar-refractivity contribution in [3.05, 3.63) is 24.3 Å². The van der Waals surface area contributed by atoms with Crippen LogP contribution in [0.2, 0.25) is 0 Å². The standard InChI is InChI=1S/C30H48O3/c1-19(2)8-7-9-20(3)21-10-12-28(6)25-22(32)16-23-26(4,18-31)24(33)11-13-29(23)17-30(25,29)15-14-27(21,28)5/h7-8,20-25,31-33H,1,9-18H2,2-6H3. The van der Waals surface area contributed by atoms with Gasteiger partial charge in [0.25, 0.3) is 0 Å². The van der Waals surface area contributed by atoms with Crippen molar-refractivity contribution in [3.8, 4) is 0 Å². The van der Waals surface area contributed by atoms with Crippen LogP contribution in [0.3, 0.4) is 0 Å². The van der Waals surface area contributed by atoms with Crippen LogP contribution in [0.1, 0.15) is 92.4 Å². The quantitative estimate of drug-likeness (QED) is 0.452. The van der Waals surface area contributed by atoms with E-state index in [2.05, 4.69) is 53.3 Å². The molecule has 0 bridgehead atoms. The summed E-state index contributed by atoms with van der Waals surface area (Å²) in [6.45, 7) is 15.7. The molecule has 5 fully saturated rings. The Hall–Kier alpha value is -0.640. The molecule has 5 aliphatic carbocycles. The highest BCUT2D eigenvalue weighted by Crippen LogP contribution is 2.89. The molecule has 3 N–H and O–H groups in total. The molecule has 33 heavy (non-hydrogen) atoms. The van der Waals surface area contributed by atoms with Gasteiger partial charge < -0.3 is 15.3 Å². The van der Waals surface area contributed by atoms with Gasteiger partial charge in [-0.2, -0.15) is 0 Å². The fraction of sp³-hybridized carbons (Fsp3) is 0.867. The lowest BCUT2D eigenvalue weighted by Crippen LogP contribution is -2.62. The summed E-state index contributed by atoms with van der Waals surface area (Å²) in [5.41, 5.74) is 1.53. The lowest BCUT2D eigenvalue weighted by molar-refractivity contribution is -0.209. The van der Waals surface area contributed by atoms with Gasteiger partial charge in [-0.1, -0.05) is 52.0 Å². The zero-order chi connectivity index (χ0) is 24.0. The van der Waals surface area contributed by atoms with Crippen LogP contribution in [-0.4, -0.2) is 34.1 Å². The number of rotatable bonds is 5. The van der Waals surface area contributed by atoms with E-state index in [0.29, 0.717) is 17.8 Å². The van der Waals surface area contributed by atoms with Gasteiger partial charge in [0.2, 0.25) is 0 Å². The average molecular weight is 457 g/mol. The summed E-state index contributed by atoms with van der Waals surface area (Å²) in [5, 5.41) is 33.0. The molecule has 186 valence electrons. The zero-order valence-electron chi connectivity index (χ0n) is 21.7. The molecule has 5 aliphatic rings. The van der Waals surface area contributed by atoms with Gasteiger partial charge in [-0.15, -0.1) is 0 Å². The average Bonchev–Trinajstić information content (AvgIpc) is 3.32. The van der Waals surface area contributed by atoms with Gasteiger partial charge in [0, 0.05) is 5.41 Å². The molecule has 0 aromatic heterocycles. The van der Waals surface area contributed by atoms with Gasteiger partial charge in [0.05, 0.1) is 18.8 Å². The molecular weight excluding hydrogens is 408 g/mol. The number of fused-ring (bicyclic) bond motifs is 2. The summed E-state index contributed by atoms with van der Waals surface area (Å²) in [6.07, 6.45) is 13.7. The van der Waals surface area contributed by atoms with Crippen LogP contribution in [0.15, 0.2) is 24.3 Å². The van der Waals surface area contributed by atoms with Crippen molar-refractivity contribution in [1.82, 2.24) is 0 Å². The van der Waals surface area contributed by atoms with Crippen LogP contribution in [0.4, 0.5) is 0 Å². The Balaban J connectivity index is 1.46. The molecule has 5 saturated carbocycles. The number of hydrogen-bond acceptors (Lipinski definition) is 3. The maximum Gasteiger partial charge on any atom is 0.0618 e. The second-order valence-corrected chi connectivity index (χ2v) is 14.0. The molecule has 0 radical (unpaired) electrons. The minimum Gasteiger partial charge on any atom is -0.396 e. The molecule has 11 atom stereocenters. The lowest BCUT2D eigenvalue weighted by Gasteiger charge is -2.64. The molecular formula is C30H48O3. The minimum atomic E-state index is -0.475. The number of aliphatic hydroxyl groups is 3. The highest BCUT2D eigenvalue weighted by atomic mass is 16.3. The fourth-order valence-electron chi connectivity index (χ4n) is 11.0. The Morgan fingerprint density at radius 2 is 1.76 bits per heavy atom. The fourth-order valence-corrected chi connectivity index (χ4v) is 11.0. The van der Waals surface area contributed by atoms with Crippen LogP contribution < -0.4 is 0 Å². The molecule has 0 saturated heterocycles. The van der Waals surface area contributed by atoms with E-state index < -0.39 is 11.5 Å². The van der Waals surface area contributed by atoms with E-state index in [1.807, 2.05) is 0 Å². The molecule has 5 rings (SSSR count). The Bertz CT molecular complexity index is 849. The lowest BCUT2D eigenvalue weighted by atomic mass is 9.41. The Kier molecular flexibility index (Phi) is 5.42. The van der Waals surface area contributed by atoms with E-state index in [1.165, 1.54) is 32.1 Å². The van der Waals surface area contributed by atoms with Gasteiger partial charge in [-0.25, -0.2) is 0 Å². The molecule has 0 amide bonds. The first-order chi connectivity index (χ1) is 15.4. The summed E-state index contributed by atoms with van der Waals surface area (Å²) < 4.78 is 0. The van der Waals surface area contributed by atoms with Crippen LogP contribution in [0.5, 0.6) is 0 Å². The van der Waals surface area contributed by atoms with Crippen molar-refractivity contribution < 1.29 is 15.3 Å². The van der Waals surface area contributed by atoms with Gasteiger partial charge in [0.15, 0.2) is 0 Å². The first-order valence-electron chi connectivity index (χ1n) is 13.7. The second-order valence-electron chi connectivity index (χ2n) is 14.0. The predicted octanol–water partition coefficient (Wildman–Crippen LogP) is 5.89. The zero-order valence-corrected chi connectivity index (χ0v) is 21.7. The first-order valence-corrected chi connectivity index (χ1v) is 13.7. The normalized spacial score (nSPS) is 55.9. The number of aliphatic hydroxyl groups excluding tert-OH is 3. The molecule has 0 aromatic rings. The van der Waals surface area contributed by atoms with E-state index >= 15 is 0 Å². The van der Waals surface area contributed by atoms with Crippen molar-refractivity contribution >= 4 is 0 Å². The summed E-state index contributed by atoms with van der Waals surface area (Å²) in [5.74, 6) is 1.94. The third-order valence-corrected chi connectivity index (χ3v) is 12.9. The van der Waals surface area contributed by atoms with Crippen LogP contribution in [0.25, 0.3) is 0 Å². The maximum atomic E-state index is 11.8. The topological polar surface area (TPSA) is 60.7 Å². The van der Waals surface area contributed by atoms with Crippen molar-refractivity contribution in [2.75, 3.05) is 6.61 Å². The largest absolute Gasteiger partial charge is 0.396 e. The number of hydrogen-bond donors (Lipinski definition) is 3. The van der Waals surface area contributed by atoms with E-state index in [-0.39, 0.29) is 40.3 Å². The first kappa shape index (κ1) is 24.1. The third kappa shape index (κ3) is 2.85. The maximum absolute atomic E-state index is 11.8. The molecule has 3 nitrogen and oxygen atoms in total. The van der Waals surface area contributed by atoms with E-state index in [9.17, 15) is 15.3 Å².